The van der Waals surface area contributed by atoms with Crippen LogP contribution in [0.3, 0.4) is 0 Å². The largest absolute Gasteiger partial charge is 0.241 e. The maximum atomic E-state index is 13.1. The van der Waals surface area contributed by atoms with Crippen LogP contribution in [-0.4, -0.2) is 9.97 Å². The molecule has 2 rings (SSSR count). The molecule has 0 unspecified atom stereocenters. The molecule has 3 heteroatoms. The number of hydrogen-bond donors (Lipinski definition) is 0. The van der Waals surface area contributed by atoms with Gasteiger partial charge >= 0.3 is 0 Å². The lowest BCUT2D eigenvalue weighted by atomic mass is 10.1. The molecule has 0 spiro atoms. The van der Waals surface area contributed by atoms with Crippen molar-refractivity contribution in [3.63, 3.8) is 0 Å². The molecule has 0 bridgehead atoms. The highest BCUT2D eigenvalue weighted by Gasteiger charge is 2.02. The normalized spacial score (nSPS) is 10.4. The smallest absolute Gasteiger partial charge is 0.127 e. The Kier molecular flexibility index (Phi) is 2.95. The van der Waals surface area contributed by atoms with Crippen molar-refractivity contribution in [2.24, 2.45) is 0 Å². The monoisotopic (exact) mass is 216 g/mol. The van der Waals surface area contributed by atoms with Crippen molar-refractivity contribution in [3.05, 3.63) is 47.8 Å². The highest BCUT2D eigenvalue weighted by atomic mass is 19.1. The SMILES string of the molecule is CCc1ncc(-c2ccc(F)c(C)c2)cn1. The average molecular weight is 216 g/mol. The van der Waals surface area contributed by atoms with Gasteiger partial charge in [-0.25, -0.2) is 14.4 Å². The highest BCUT2D eigenvalue weighted by Crippen LogP contribution is 2.20. The third-order valence-electron chi connectivity index (χ3n) is 2.51. The summed E-state index contributed by atoms with van der Waals surface area (Å²) in [6.07, 6.45) is 4.37. The fourth-order valence-corrected chi connectivity index (χ4v) is 1.51. The minimum atomic E-state index is -0.185. The predicted octanol–water partition coefficient (Wildman–Crippen LogP) is 3.15. The zero-order chi connectivity index (χ0) is 11.5. The molecule has 16 heavy (non-hydrogen) atoms. The van der Waals surface area contributed by atoms with Crippen LogP contribution < -0.4 is 0 Å². The number of aromatic nitrogens is 2. The Morgan fingerprint density at radius 3 is 2.38 bits per heavy atom. The van der Waals surface area contributed by atoms with Crippen molar-refractivity contribution < 1.29 is 4.39 Å². The molecule has 1 aromatic carbocycles. The van der Waals surface area contributed by atoms with Crippen LogP contribution in [0, 0.1) is 12.7 Å². The Morgan fingerprint density at radius 2 is 1.81 bits per heavy atom. The van der Waals surface area contributed by atoms with E-state index in [1.54, 1.807) is 31.5 Å². The lowest BCUT2D eigenvalue weighted by molar-refractivity contribution is 0.619. The lowest BCUT2D eigenvalue weighted by Gasteiger charge is -2.03. The van der Waals surface area contributed by atoms with Crippen LogP contribution in [-0.2, 0) is 6.42 Å². The van der Waals surface area contributed by atoms with Crippen LogP contribution in [0.25, 0.3) is 11.1 Å². The Labute approximate surface area is 94.2 Å². The predicted molar refractivity (Wildman–Crippen MR) is 61.5 cm³/mol. The molecule has 0 radical (unpaired) electrons. The second-order valence-electron chi connectivity index (χ2n) is 3.71. The first-order valence-corrected chi connectivity index (χ1v) is 5.28. The van der Waals surface area contributed by atoms with Gasteiger partial charge in [0.15, 0.2) is 0 Å². The summed E-state index contributed by atoms with van der Waals surface area (Å²) in [6.45, 7) is 3.76. The molecule has 0 fully saturated rings. The van der Waals surface area contributed by atoms with Crippen LogP contribution in [0.1, 0.15) is 18.3 Å². The van der Waals surface area contributed by atoms with E-state index in [-0.39, 0.29) is 5.82 Å². The van der Waals surface area contributed by atoms with Crippen molar-refractivity contribution in [2.45, 2.75) is 20.3 Å². The van der Waals surface area contributed by atoms with E-state index in [1.165, 1.54) is 6.07 Å². The van der Waals surface area contributed by atoms with Gasteiger partial charge in [0.2, 0.25) is 0 Å². The van der Waals surface area contributed by atoms with Crippen LogP contribution in [0.2, 0.25) is 0 Å². The molecule has 0 aliphatic carbocycles. The molecular formula is C13H13FN2. The molecule has 0 saturated heterocycles. The second kappa shape index (κ2) is 4.39. The summed E-state index contributed by atoms with van der Waals surface area (Å²) in [4.78, 5) is 8.44. The molecule has 2 nitrogen and oxygen atoms in total. The minimum Gasteiger partial charge on any atom is -0.241 e. The maximum Gasteiger partial charge on any atom is 0.127 e. The molecule has 1 heterocycles. The van der Waals surface area contributed by atoms with E-state index in [1.807, 2.05) is 6.92 Å². The van der Waals surface area contributed by atoms with Crippen molar-refractivity contribution in [1.29, 1.82) is 0 Å². The molecule has 0 N–H and O–H groups in total. The number of benzene rings is 1. The van der Waals surface area contributed by atoms with Gasteiger partial charge in [0.25, 0.3) is 0 Å². The van der Waals surface area contributed by atoms with E-state index in [4.69, 9.17) is 0 Å². The van der Waals surface area contributed by atoms with Gasteiger partial charge in [0.1, 0.15) is 11.6 Å². The lowest BCUT2D eigenvalue weighted by Crippen LogP contribution is -1.92. The summed E-state index contributed by atoms with van der Waals surface area (Å²) in [5.41, 5.74) is 2.50. The highest BCUT2D eigenvalue weighted by molar-refractivity contribution is 5.62. The van der Waals surface area contributed by atoms with Crippen molar-refractivity contribution in [2.75, 3.05) is 0 Å². The summed E-state index contributed by atoms with van der Waals surface area (Å²) in [5.74, 6) is 0.637. The molecule has 0 aliphatic rings. The van der Waals surface area contributed by atoms with Gasteiger partial charge in [-0.15, -0.1) is 0 Å². The van der Waals surface area contributed by atoms with Gasteiger partial charge in [0.05, 0.1) is 0 Å². The summed E-state index contributed by atoms with van der Waals surface area (Å²) in [7, 11) is 0. The van der Waals surface area contributed by atoms with Crippen LogP contribution in [0.15, 0.2) is 30.6 Å². The Balaban J connectivity index is 2.38. The van der Waals surface area contributed by atoms with E-state index in [0.717, 1.165) is 23.4 Å². The first-order valence-electron chi connectivity index (χ1n) is 5.28. The molecule has 0 aliphatic heterocycles. The van der Waals surface area contributed by atoms with Crippen molar-refractivity contribution in [3.8, 4) is 11.1 Å². The van der Waals surface area contributed by atoms with Gasteiger partial charge < -0.3 is 0 Å². The van der Waals surface area contributed by atoms with E-state index in [0.29, 0.717) is 5.56 Å². The van der Waals surface area contributed by atoms with Crippen molar-refractivity contribution >= 4 is 0 Å². The number of halogens is 1. The maximum absolute atomic E-state index is 13.1. The summed E-state index contributed by atoms with van der Waals surface area (Å²) < 4.78 is 13.1. The molecular weight excluding hydrogens is 203 g/mol. The third-order valence-corrected chi connectivity index (χ3v) is 2.51. The molecule has 0 amide bonds. The summed E-state index contributed by atoms with van der Waals surface area (Å²) >= 11 is 0. The molecule has 1 aromatic heterocycles. The van der Waals surface area contributed by atoms with Crippen LogP contribution in [0.4, 0.5) is 4.39 Å². The zero-order valence-corrected chi connectivity index (χ0v) is 9.37. The van der Waals surface area contributed by atoms with Gasteiger partial charge in [-0.2, -0.15) is 0 Å². The first-order chi connectivity index (χ1) is 7.70. The zero-order valence-electron chi connectivity index (χ0n) is 9.37. The van der Waals surface area contributed by atoms with Gasteiger partial charge in [-0.1, -0.05) is 13.0 Å². The van der Waals surface area contributed by atoms with E-state index >= 15 is 0 Å². The number of hydrogen-bond acceptors (Lipinski definition) is 2. The Morgan fingerprint density at radius 1 is 1.12 bits per heavy atom. The van der Waals surface area contributed by atoms with Crippen molar-refractivity contribution in [1.82, 2.24) is 9.97 Å². The molecule has 82 valence electrons. The van der Waals surface area contributed by atoms with Gasteiger partial charge in [0, 0.05) is 24.4 Å². The average Bonchev–Trinajstić information content (AvgIpc) is 2.33. The Hall–Kier alpha value is -1.77. The van der Waals surface area contributed by atoms with Crippen LogP contribution in [0.5, 0.6) is 0 Å². The van der Waals surface area contributed by atoms with E-state index < -0.39 is 0 Å². The number of aryl methyl sites for hydroxylation is 2. The molecule has 0 saturated carbocycles. The van der Waals surface area contributed by atoms with E-state index in [2.05, 4.69) is 9.97 Å². The van der Waals surface area contributed by atoms with Gasteiger partial charge in [-0.3, -0.25) is 0 Å². The Bertz CT molecular complexity index is 492. The number of rotatable bonds is 2. The van der Waals surface area contributed by atoms with Gasteiger partial charge in [-0.05, 0) is 30.2 Å². The minimum absolute atomic E-state index is 0.185. The molecule has 2 aromatic rings. The summed E-state index contributed by atoms with van der Waals surface area (Å²) in [6, 6.07) is 5.02. The molecule has 0 atom stereocenters. The fraction of sp³-hybridized carbons (Fsp3) is 0.231. The third kappa shape index (κ3) is 2.08. The summed E-state index contributed by atoms with van der Waals surface area (Å²) in [5, 5.41) is 0. The fourth-order valence-electron chi connectivity index (χ4n) is 1.51. The number of nitrogens with zero attached hydrogens (tertiary/aromatic N) is 2. The van der Waals surface area contributed by atoms with Crippen LogP contribution >= 0.6 is 0 Å². The topological polar surface area (TPSA) is 25.8 Å². The standard InChI is InChI=1S/C13H13FN2/c1-3-13-15-7-11(8-16-13)10-4-5-12(14)9(2)6-10/h4-8H,3H2,1-2H3. The van der Waals surface area contributed by atoms with E-state index in [9.17, 15) is 4.39 Å². The quantitative estimate of drug-likeness (QED) is 0.770. The first kappa shape index (κ1) is 10.7. The second-order valence-corrected chi connectivity index (χ2v) is 3.71.